The first kappa shape index (κ1) is 24.2. The van der Waals surface area contributed by atoms with Gasteiger partial charge in [0.25, 0.3) is 0 Å². The van der Waals surface area contributed by atoms with Gasteiger partial charge in [-0.05, 0) is 18.6 Å². The highest BCUT2D eigenvalue weighted by Crippen LogP contribution is 2.26. The lowest BCUT2D eigenvalue weighted by Gasteiger charge is -2.26. The maximum atomic E-state index is 14.6. The number of aromatic amines is 2. The summed E-state index contributed by atoms with van der Waals surface area (Å²) < 4.78 is 28.9. The Hall–Kier alpha value is -3.93. The van der Waals surface area contributed by atoms with E-state index in [1.165, 1.54) is 6.07 Å². The Morgan fingerprint density at radius 1 is 1.26 bits per heavy atom. The molecule has 184 valence electrons. The predicted octanol–water partition coefficient (Wildman–Crippen LogP) is 1.04. The molecule has 1 aliphatic heterocycles. The monoisotopic (exact) mass is 485 g/mol. The van der Waals surface area contributed by atoms with E-state index in [0.717, 1.165) is 4.90 Å². The number of nitrogens with two attached hydrogens (primary N) is 1. The number of amides is 2. The highest BCUT2D eigenvalue weighted by atomic mass is 19.1. The molecule has 0 saturated carbocycles. The van der Waals surface area contributed by atoms with E-state index in [9.17, 15) is 23.2 Å². The van der Waals surface area contributed by atoms with Gasteiger partial charge in [-0.2, -0.15) is 9.49 Å². The number of benzene rings is 1. The zero-order valence-corrected chi connectivity index (χ0v) is 18.9. The first-order valence-corrected chi connectivity index (χ1v) is 11.1. The lowest BCUT2D eigenvalue weighted by molar-refractivity contribution is -0.138. The molecule has 1 unspecified atom stereocenters. The van der Waals surface area contributed by atoms with Gasteiger partial charge in [-0.25, -0.2) is 19.3 Å². The molecule has 2 amide bonds. The van der Waals surface area contributed by atoms with Crippen molar-refractivity contribution in [3.63, 3.8) is 0 Å². The van der Waals surface area contributed by atoms with Crippen LogP contribution in [0, 0.1) is 5.95 Å². The van der Waals surface area contributed by atoms with Crippen LogP contribution in [0.5, 0.6) is 0 Å². The van der Waals surface area contributed by atoms with Gasteiger partial charge in [0, 0.05) is 18.0 Å². The number of hydrogen-bond donors (Lipinski definition) is 4. The molecule has 0 bridgehead atoms. The van der Waals surface area contributed by atoms with Crippen molar-refractivity contribution in [2.24, 2.45) is 5.73 Å². The summed E-state index contributed by atoms with van der Waals surface area (Å²) in [5.41, 5.74) is 6.29. The summed E-state index contributed by atoms with van der Waals surface area (Å²) in [6.45, 7) is 1.37. The number of halogens is 2. The van der Waals surface area contributed by atoms with Crippen LogP contribution in [-0.4, -0.2) is 55.6 Å². The maximum Gasteiger partial charge on any atom is 0.340 e. The van der Waals surface area contributed by atoms with E-state index in [1.807, 2.05) is 0 Å². The molecular weight excluding hydrogens is 460 g/mol. The van der Waals surface area contributed by atoms with E-state index in [1.54, 1.807) is 43.3 Å². The molecule has 12 heteroatoms. The van der Waals surface area contributed by atoms with Crippen molar-refractivity contribution < 1.29 is 18.4 Å². The molecule has 10 nitrogen and oxygen atoms in total. The highest BCUT2D eigenvalue weighted by molar-refractivity contribution is 5.89. The van der Waals surface area contributed by atoms with Crippen LogP contribution in [0.25, 0.3) is 0 Å². The van der Waals surface area contributed by atoms with E-state index in [2.05, 4.69) is 25.5 Å². The zero-order valence-electron chi connectivity index (χ0n) is 18.9. The molecule has 1 saturated heterocycles. The number of pyridine rings is 1. The quantitative estimate of drug-likeness (QED) is 0.367. The van der Waals surface area contributed by atoms with E-state index in [-0.39, 0.29) is 36.5 Å². The van der Waals surface area contributed by atoms with Crippen LogP contribution < -0.4 is 16.7 Å². The standard InChI is InChI=1S/C23H25F2N7O3/c1-12(26)15-7-8-16(27-21(15)25)20(13-5-3-2-4-6-13)29-22(34)17-9-14(24)11-32(17)19(33)10-18-28-23(35)31-30-18/h2-8,12,14,17,20H,9-11,26H2,1H3,(H,29,34)(H2,28,30,31,35)/t12?,14-,17+,20+/m1/s1. The van der Waals surface area contributed by atoms with Crippen LogP contribution in [0.4, 0.5) is 8.78 Å². The molecule has 4 atom stereocenters. The highest BCUT2D eigenvalue weighted by Gasteiger charge is 2.40. The van der Waals surface area contributed by atoms with Crippen LogP contribution in [0.1, 0.15) is 48.1 Å². The molecule has 0 radical (unpaired) electrons. The summed E-state index contributed by atoms with van der Waals surface area (Å²) in [5.74, 6) is -1.84. The van der Waals surface area contributed by atoms with Gasteiger partial charge >= 0.3 is 5.69 Å². The van der Waals surface area contributed by atoms with Gasteiger partial charge in [-0.1, -0.05) is 36.4 Å². The normalized spacial score (nSPS) is 19.4. The SMILES string of the molecule is CC(N)c1ccc([C@@H](NC(=O)[C@@H]2C[C@@H](F)CN2C(=O)Cc2n[nH]c(=O)[nH]2)c2ccccc2)nc1F. The number of carbonyl (C=O) groups is 2. The fraction of sp³-hybridized carbons (Fsp3) is 0.348. The summed E-state index contributed by atoms with van der Waals surface area (Å²) in [7, 11) is 0. The van der Waals surface area contributed by atoms with Crippen LogP contribution in [0.2, 0.25) is 0 Å². The summed E-state index contributed by atoms with van der Waals surface area (Å²) in [6, 6.07) is 9.37. The van der Waals surface area contributed by atoms with Crippen molar-refractivity contribution in [2.75, 3.05) is 6.54 Å². The smallest absolute Gasteiger partial charge is 0.340 e. The molecule has 3 aromatic rings. The molecule has 4 rings (SSSR count). The first-order valence-electron chi connectivity index (χ1n) is 11.1. The fourth-order valence-electron chi connectivity index (χ4n) is 4.11. The Morgan fingerprint density at radius 2 is 2.00 bits per heavy atom. The molecular formula is C23H25F2N7O3. The zero-order chi connectivity index (χ0) is 25.1. The number of nitrogens with one attached hydrogen (secondary N) is 3. The third-order valence-corrected chi connectivity index (χ3v) is 5.85. The topological polar surface area (TPSA) is 150 Å². The first-order chi connectivity index (χ1) is 16.7. The number of alkyl halides is 1. The molecule has 3 heterocycles. The molecule has 5 N–H and O–H groups in total. The maximum absolute atomic E-state index is 14.6. The summed E-state index contributed by atoms with van der Waals surface area (Å²) in [6.07, 6.45) is -1.89. The molecule has 1 fully saturated rings. The second-order valence-electron chi connectivity index (χ2n) is 8.45. The van der Waals surface area contributed by atoms with Crippen LogP contribution in [0.3, 0.4) is 0 Å². The van der Waals surface area contributed by atoms with E-state index < -0.39 is 47.7 Å². The Labute approximate surface area is 198 Å². The molecule has 1 aliphatic rings. The summed E-state index contributed by atoms with van der Waals surface area (Å²) in [5, 5.41) is 8.64. The minimum Gasteiger partial charge on any atom is -0.342 e. The van der Waals surface area contributed by atoms with Crippen molar-refractivity contribution in [3.8, 4) is 0 Å². The lowest BCUT2D eigenvalue weighted by atomic mass is 10.0. The van der Waals surface area contributed by atoms with Crippen LogP contribution in [-0.2, 0) is 16.0 Å². The average Bonchev–Trinajstić information content (AvgIpc) is 3.42. The number of carbonyl (C=O) groups excluding carboxylic acids is 2. The number of nitrogens with zero attached hydrogens (tertiary/aromatic N) is 3. The van der Waals surface area contributed by atoms with Gasteiger partial charge in [0.05, 0.1) is 24.7 Å². The number of aromatic nitrogens is 4. The van der Waals surface area contributed by atoms with Crippen LogP contribution >= 0.6 is 0 Å². The molecule has 0 spiro atoms. The molecule has 1 aromatic carbocycles. The van der Waals surface area contributed by atoms with Crippen molar-refractivity contribution in [1.82, 2.24) is 30.4 Å². The van der Waals surface area contributed by atoms with Gasteiger partial charge < -0.3 is 16.0 Å². The fourth-order valence-corrected chi connectivity index (χ4v) is 4.11. The van der Waals surface area contributed by atoms with E-state index >= 15 is 0 Å². The van der Waals surface area contributed by atoms with Crippen molar-refractivity contribution in [3.05, 3.63) is 81.5 Å². The van der Waals surface area contributed by atoms with E-state index in [4.69, 9.17) is 5.73 Å². The Kier molecular flexibility index (Phi) is 7.01. The lowest BCUT2D eigenvalue weighted by Crippen LogP contribution is -2.47. The van der Waals surface area contributed by atoms with E-state index in [0.29, 0.717) is 5.56 Å². The van der Waals surface area contributed by atoms with Gasteiger partial charge in [-0.3, -0.25) is 14.6 Å². The second-order valence-corrected chi connectivity index (χ2v) is 8.45. The minimum atomic E-state index is -1.40. The van der Waals surface area contributed by atoms with Gasteiger partial charge in [0.2, 0.25) is 17.8 Å². The van der Waals surface area contributed by atoms with Gasteiger partial charge in [-0.15, -0.1) is 0 Å². The van der Waals surface area contributed by atoms with Crippen molar-refractivity contribution >= 4 is 11.8 Å². The average molecular weight is 485 g/mol. The Balaban J connectivity index is 1.58. The van der Waals surface area contributed by atoms with Crippen LogP contribution in [0.15, 0.2) is 47.3 Å². The number of H-pyrrole nitrogens is 2. The van der Waals surface area contributed by atoms with Gasteiger partial charge in [0.1, 0.15) is 18.0 Å². The van der Waals surface area contributed by atoms with Crippen molar-refractivity contribution in [2.45, 2.75) is 44.1 Å². The molecule has 0 aliphatic carbocycles. The summed E-state index contributed by atoms with van der Waals surface area (Å²) >= 11 is 0. The predicted molar refractivity (Wildman–Crippen MR) is 121 cm³/mol. The second kappa shape index (κ2) is 10.1. The number of rotatable bonds is 7. The Bertz CT molecular complexity index is 1260. The van der Waals surface area contributed by atoms with Gasteiger partial charge in [0.15, 0.2) is 0 Å². The molecule has 2 aromatic heterocycles. The largest absolute Gasteiger partial charge is 0.342 e. The summed E-state index contributed by atoms with van der Waals surface area (Å²) in [4.78, 5) is 44.8. The number of likely N-dealkylation sites (tertiary alicyclic amines) is 1. The number of hydrogen-bond acceptors (Lipinski definition) is 6. The Morgan fingerprint density at radius 3 is 2.63 bits per heavy atom. The van der Waals surface area contributed by atoms with Crippen molar-refractivity contribution in [1.29, 1.82) is 0 Å². The minimum absolute atomic E-state index is 0.0810. The molecule has 35 heavy (non-hydrogen) atoms. The third-order valence-electron chi connectivity index (χ3n) is 5.85. The third kappa shape index (κ3) is 5.43.